The molecule has 0 spiro atoms. The van der Waals surface area contributed by atoms with Gasteiger partial charge in [0.05, 0.1) is 0 Å². The van der Waals surface area contributed by atoms with E-state index in [1.54, 1.807) is 0 Å². The third-order valence-corrected chi connectivity index (χ3v) is 8.18. The van der Waals surface area contributed by atoms with Crippen molar-refractivity contribution in [3.8, 4) is 0 Å². The van der Waals surface area contributed by atoms with E-state index in [-0.39, 0.29) is 9.93 Å². The van der Waals surface area contributed by atoms with Crippen LogP contribution < -0.4 is 0 Å². The predicted molar refractivity (Wildman–Crippen MR) is 73.9 cm³/mol. The van der Waals surface area contributed by atoms with Crippen molar-refractivity contribution < 1.29 is 0 Å². The molecule has 0 saturated carbocycles. The molecule has 0 bridgehead atoms. The van der Waals surface area contributed by atoms with Crippen LogP contribution in [-0.2, 0) is 6.42 Å². The first kappa shape index (κ1) is 10.8. The predicted octanol–water partition coefficient (Wildman–Crippen LogP) is 3.49. The number of rotatable bonds is 2. The Bertz CT molecular complexity index is 286. The van der Waals surface area contributed by atoms with Crippen molar-refractivity contribution in [2.75, 3.05) is 0 Å². The molecular weight excluding hydrogens is 228 g/mol. The molecule has 0 radical (unpaired) electrons. The molecule has 1 heterocycles. The fourth-order valence-electron chi connectivity index (χ4n) is 1.93. The molecule has 0 amide bonds. The van der Waals surface area contributed by atoms with Gasteiger partial charge in [-0.15, -0.1) is 11.7 Å². The van der Waals surface area contributed by atoms with E-state index in [0.717, 1.165) is 5.25 Å². The SMILES string of the molecule is SC1CCC(Cc2ccccc2)[SH]1S. The van der Waals surface area contributed by atoms with E-state index in [0.29, 0.717) is 4.58 Å². The Balaban J connectivity index is 1.99. The van der Waals surface area contributed by atoms with Gasteiger partial charge in [-0.05, 0) is 30.1 Å². The summed E-state index contributed by atoms with van der Waals surface area (Å²) >= 11 is 9.27. The van der Waals surface area contributed by atoms with E-state index in [1.807, 2.05) is 0 Å². The first-order valence-corrected chi connectivity index (χ1v) is 8.11. The molecule has 3 heteroatoms. The minimum atomic E-state index is -0.155. The lowest BCUT2D eigenvalue weighted by molar-refractivity contribution is 0.770. The van der Waals surface area contributed by atoms with Crippen molar-refractivity contribution in [1.82, 2.24) is 0 Å². The van der Waals surface area contributed by atoms with E-state index >= 15 is 0 Å². The standard InChI is InChI=1S/C11H16S3/c12-11-7-6-10(14(11)13)8-9-4-2-1-3-5-9/h1-5,10-14H,6-8H2. The molecule has 0 nitrogen and oxygen atoms in total. The van der Waals surface area contributed by atoms with Crippen molar-refractivity contribution >= 4 is 34.2 Å². The summed E-state index contributed by atoms with van der Waals surface area (Å²) in [4.78, 5) is 0. The fourth-order valence-corrected chi connectivity index (χ4v) is 5.30. The van der Waals surface area contributed by atoms with Gasteiger partial charge in [0.25, 0.3) is 0 Å². The van der Waals surface area contributed by atoms with Gasteiger partial charge in [-0.2, -0.15) is 22.6 Å². The smallest absolute Gasteiger partial charge is 0.0375 e. The van der Waals surface area contributed by atoms with E-state index < -0.39 is 0 Å². The molecule has 2 rings (SSSR count). The number of hydrogen-bond donors (Lipinski definition) is 3. The van der Waals surface area contributed by atoms with Gasteiger partial charge in [0.1, 0.15) is 0 Å². The quantitative estimate of drug-likeness (QED) is 0.515. The summed E-state index contributed by atoms with van der Waals surface area (Å²) < 4.78 is 0.557. The number of benzene rings is 1. The highest BCUT2D eigenvalue weighted by Crippen LogP contribution is 2.53. The minimum absolute atomic E-state index is 0.155. The van der Waals surface area contributed by atoms with Gasteiger partial charge < -0.3 is 0 Å². The van der Waals surface area contributed by atoms with Crippen LogP contribution in [0.5, 0.6) is 0 Å². The second-order valence-corrected chi connectivity index (χ2v) is 8.31. The molecule has 1 aliphatic rings. The van der Waals surface area contributed by atoms with Gasteiger partial charge in [0.2, 0.25) is 0 Å². The maximum atomic E-state index is 4.70. The molecule has 1 fully saturated rings. The van der Waals surface area contributed by atoms with Gasteiger partial charge >= 0.3 is 0 Å². The molecule has 3 atom stereocenters. The molecule has 78 valence electrons. The van der Waals surface area contributed by atoms with Crippen LogP contribution in [0.25, 0.3) is 0 Å². The largest absolute Gasteiger partial charge is 0.193 e. The first-order chi connectivity index (χ1) is 6.77. The Labute approximate surface area is 99.1 Å². The molecular formula is C11H16S3. The Morgan fingerprint density at radius 3 is 2.50 bits per heavy atom. The molecule has 1 aromatic rings. The molecule has 0 N–H and O–H groups in total. The van der Waals surface area contributed by atoms with Gasteiger partial charge in [-0.3, -0.25) is 0 Å². The van der Waals surface area contributed by atoms with E-state index in [1.165, 1.54) is 24.8 Å². The lowest BCUT2D eigenvalue weighted by Gasteiger charge is -2.21. The topological polar surface area (TPSA) is 0 Å². The number of thiol groups is 3. The van der Waals surface area contributed by atoms with Crippen LogP contribution >= 0.6 is 34.2 Å². The van der Waals surface area contributed by atoms with Crippen molar-refractivity contribution in [2.24, 2.45) is 0 Å². The van der Waals surface area contributed by atoms with Gasteiger partial charge in [0, 0.05) is 4.58 Å². The maximum Gasteiger partial charge on any atom is 0.0375 e. The average molecular weight is 244 g/mol. The number of hydrogen-bond acceptors (Lipinski definition) is 2. The second-order valence-electron chi connectivity index (χ2n) is 3.78. The third-order valence-electron chi connectivity index (χ3n) is 2.75. The summed E-state index contributed by atoms with van der Waals surface area (Å²) in [5, 5.41) is 0.776. The Morgan fingerprint density at radius 2 is 1.93 bits per heavy atom. The molecule has 0 aromatic heterocycles. The molecule has 1 saturated heterocycles. The van der Waals surface area contributed by atoms with Gasteiger partial charge in [-0.25, -0.2) is 0 Å². The summed E-state index contributed by atoms with van der Waals surface area (Å²) in [6.07, 6.45) is 3.74. The van der Waals surface area contributed by atoms with Crippen LogP contribution in [0, 0.1) is 0 Å². The minimum Gasteiger partial charge on any atom is -0.193 e. The molecule has 1 aromatic carbocycles. The van der Waals surface area contributed by atoms with E-state index in [4.69, 9.17) is 11.7 Å². The highest BCUT2D eigenvalue weighted by molar-refractivity contribution is 8.80. The van der Waals surface area contributed by atoms with Crippen molar-refractivity contribution in [2.45, 2.75) is 29.1 Å². The zero-order valence-electron chi connectivity index (χ0n) is 8.00. The highest BCUT2D eigenvalue weighted by atomic mass is 33.1. The van der Waals surface area contributed by atoms with Crippen LogP contribution in [0.1, 0.15) is 18.4 Å². The Kier molecular flexibility index (Phi) is 3.74. The summed E-state index contributed by atoms with van der Waals surface area (Å²) in [5.74, 6) is 0. The maximum absolute atomic E-state index is 4.70. The van der Waals surface area contributed by atoms with Crippen LogP contribution in [0.2, 0.25) is 0 Å². The van der Waals surface area contributed by atoms with Gasteiger partial charge in [0.15, 0.2) is 0 Å². The van der Waals surface area contributed by atoms with Crippen LogP contribution in [0.4, 0.5) is 0 Å². The Hall–Kier alpha value is 0.270. The molecule has 14 heavy (non-hydrogen) atoms. The first-order valence-electron chi connectivity index (χ1n) is 4.96. The van der Waals surface area contributed by atoms with Crippen molar-refractivity contribution in [3.05, 3.63) is 35.9 Å². The lowest BCUT2D eigenvalue weighted by atomic mass is 10.1. The van der Waals surface area contributed by atoms with Crippen molar-refractivity contribution in [1.29, 1.82) is 0 Å². The zero-order valence-corrected chi connectivity index (χ0v) is 10.7. The highest BCUT2D eigenvalue weighted by Gasteiger charge is 2.28. The lowest BCUT2D eigenvalue weighted by Crippen LogP contribution is -2.04. The van der Waals surface area contributed by atoms with E-state index in [2.05, 4.69) is 43.0 Å². The van der Waals surface area contributed by atoms with Gasteiger partial charge in [-0.1, -0.05) is 30.3 Å². The van der Waals surface area contributed by atoms with Crippen LogP contribution in [-0.4, -0.2) is 9.83 Å². The summed E-state index contributed by atoms with van der Waals surface area (Å²) in [6, 6.07) is 10.7. The molecule has 1 aliphatic heterocycles. The molecule has 3 unspecified atom stereocenters. The fraction of sp³-hybridized carbons (Fsp3) is 0.455. The normalized spacial score (nSPS) is 34.6. The molecule has 0 aliphatic carbocycles. The summed E-state index contributed by atoms with van der Waals surface area (Å²) in [5.41, 5.74) is 1.45. The third kappa shape index (κ3) is 2.44. The summed E-state index contributed by atoms with van der Waals surface area (Å²) in [6.45, 7) is 0. The van der Waals surface area contributed by atoms with Crippen LogP contribution in [0.15, 0.2) is 30.3 Å². The van der Waals surface area contributed by atoms with Crippen molar-refractivity contribution in [3.63, 3.8) is 0 Å². The van der Waals surface area contributed by atoms with Crippen LogP contribution in [0.3, 0.4) is 0 Å². The Morgan fingerprint density at radius 1 is 1.21 bits per heavy atom. The monoisotopic (exact) mass is 244 g/mol. The average Bonchev–Trinajstić information content (AvgIpc) is 2.52. The second kappa shape index (κ2) is 4.86. The summed E-state index contributed by atoms with van der Waals surface area (Å²) in [7, 11) is -0.155. The zero-order chi connectivity index (χ0) is 9.97. The van der Waals surface area contributed by atoms with E-state index in [9.17, 15) is 0 Å².